The van der Waals surface area contributed by atoms with Crippen LogP contribution in [0.25, 0.3) is 10.6 Å². The van der Waals surface area contributed by atoms with Crippen molar-refractivity contribution in [3.63, 3.8) is 0 Å². The van der Waals surface area contributed by atoms with E-state index in [0.29, 0.717) is 0 Å². The number of rotatable bonds is 4. The number of nitrogens with one attached hydrogen (secondary N) is 1. The normalized spacial score (nSPS) is 15.4. The van der Waals surface area contributed by atoms with Gasteiger partial charge in [-0.2, -0.15) is 5.10 Å². The first-order valence-electron chi connectivity index (χ1n) is 7.33. The Morgan fingerprint density at radius 3 is 2.91 bits per heavy atom. The van der Waals surface area contributed by atoms with Gasteiger partial charge in [0.05, 0.1) is 16.0 Å². The minimum atomic E-state index is -0.172. The largest absolute Gasteiger partial charge is 0.348 e. The number of aromatic nitrogens is 1. The molecule has 5 nitrogen and oxygen atoms in total. The van der Waals surface area contributed by atoms with Gasteiger partial charge in [-0.3, -0.25) is 4.79 Å². The summed E-state index contributed by atoms with van der Waals surface area (Å²) in [5.41, 5.74) is 3.41. The second kappa shape index (κ2) is 7.02. The fourth-order valence-electron chi connectivity index (χ4n) is 2.40. The third-order valence-corrected chi connectivity index (χ3v) is 5.35. The Hall–Kier alpha value is -1.73. The van der Waals surface area contributed by atoms with Crippen molar-refractivity contribution in [3.8, 4) is 10.6 Å². The van der Waals surface area contributed by atoms with E-state index in [1.807, 2.05) is 11.4 Å². The average Bonchev–Trinajstić information content (AvgIpc) is 3.16. The summed E-state index contributed by atoms with van der Waals surface area (Å²) < 4.78 is 0. The molecule has 0 spiro atoms. The summed E-state index contributed by atoms with van der Waals surface area (Å²) in [6, 6.07) is 4.09. The summed E-state index contributed by atoms with van der Waals surface area (Å²) in [5, 5.41) is 7.10. The Morgan fingerprint density at radius 1 is 1.41 bits per heavy atom. The summed E-state index contributed by atoms with van der Waals surface area (Å²) in [6.07, 6.45) is 5.45. The van der Waals surface area contributed by atoms with Crippen LogP contribution in [-0.2, 0) is 4.79 Å². The molecule has 116 valence electrons. The molecule has 0 bridgehead atoms. The Bertz CT molecular complexity index is 657. The number of amides is 1. The van der Waals surface area contributed by atoms with Crippen molar-refractivity contribution in [1.82, 2.24) is 10.4 Å². The van der Waals surface area contributed by atoms with Gasteiger partial charge in [0.2, 0.25) is 5.91 Å². The van der Waals surface area contributed by atoms with Crippen LogP contribution in [0.5, 0.6) is 0 Å². The molecule has 1 saturated heterocycles. The molecule has 0 atom stereocenters. The number of carbonyl (C=O) groups is 1. The maximum absolute atomic E-state index is 11.0. The number of anilines is 1. The molecule has 3 rings (SSSR count). The van der Waals surface area contributed by atoms with Gasteiger partial charge in [-0.05, 0) is 30.7 Å². The predicted molar refractivity (Wildman–Crippen MR) is 92.9 cm³/mol. The fraction of sp³-hybridized carbons (Fsp3) is 0.400. The summed E-state index contributed by atoms with van der Waals surface area (Å²) in [7, 11) is 0. The number of carbonyl (C=O) groups excluding carboxylic acids is 1. The monoisotopic (exact) mass is 334 g/mol. The number of hydrazone groups is 1. The quantitative estimate of drug-likeness (QED) is 0.689. The minimum Gasteiger partial charge on any atom is -0.348 e. The first-order chi connectivity index (χ1) is 10.7. The van der Waals surface area contributed by atoms with Crippen molar-refractivity contribution in [2.45, 2.75) is 26.2 Å². The molecule has 0 saturated carbocycles. The molecule has 0 aromatic carbocycles. The summed E-state index contributed by atoms with van der Waals surface area (Å²) in [6.45, 7) is 3.59. The van der Waals surface area contributed by atoms with Crippen LogP contribution in [0.4, 0.5) is 5.13 Å². The van der Waals surface area contributed by atoms with Crippen molar-refractivity contribution in [3.05, 3.63) is 22.4 Å². The van der Waals surface area contributed by atoms with Gasteiger partial charge in [-0.1, -0.05) is 17.4 Å². The smallest absolute Gasteiger partial charge is 0.236 e. The fourth-order valence-corrected chi connectivity index (χ4v) is 4.20. The number of nitrogens with zero attached hydrogens (tertiary/aromatic N) is 3. The van der Waals surface area contributed by atoms with E-state index in [2.05, 4.69) is 21.5 Å². The van der Waals surface area contributed by atoms with E-state index in [-0.39, 0.29) is 5.91 Å². The SMILES string of the molecule is CC(=O)N/N=C\c1sc(N2CCCCC2)nc1-c1cccs1. The zero-order valence-corrected chi connectivity index (χ0v) is 14.0. The van der Waals surface area contributed by atoms with Crippen molar-refractivity contribution in [1.29, 1.82) is 0 Å². The molecule has 0 unspecified atom stereocenters. The van der Waals surface area contributed by atoms with Gasteiger partial charge in [0.25, 0.3) is 0 Å². The summed E-state index contributed by atoms with van der Waals surface area (Å²) in [4.78, 5) is 20.2. The second-order valence-electron chi connectivity index (χ2n) is 5.16. The van der Waals surface area contributed by atoms with Crippen LogP contribution in [0.2, 0.25) is 0 Å². The van der Waals surface area contributed by atoms with Crippen molar-refractivity contribution in [2.24, 2.45) is 5.10 Å². The van der Waals surface area contributed by atoms with Crippen molar-refractivity contribution >= 4 is 39.9 Å². The van der Waals surface area contributed by atoms with Crippen molar-refractivity contribution < 1.29 is 4.79 Å². The predicted octanol–water partition coefficient (Wildman–Crippen LogP) is 3.33. The van der Waals surface area contributed by atoms with Gasteiger partial charge in [0.15, 0.2) is 5.13 Å². The molecule has 1 aliphatic heterocycles. The van der Waals surface area contributed by atoms with Crippen molar-refractivity contribution in [2.75, 3.05) is 18.0 Å². The lowest BCUT2D eigenvalue weighted by molar-refractivity contribution is -0.118. The minimum absolute atomic E-state index is 0.172. The zero-order valence-electron chi connectivity index (χ0n) is 12.4. The van der Waals surface area contributed by atoms with Gasteiger partial charge in [-0.15, -0.1) is 11.3 Å². The van der Waals surface area contributed by atoms with E-state index in [0.717, 1.165) is 33.7 Å². The van der Waals surface area contributed by atoms with Crippen LogP contribution < -0.4 is 10.3 Å². The molecule has 0 radical (unpaired) electrons. The van der Waals surface area contributed by atoms with E-state index >= 15 is 0 Å². The van der Waals surface area contributed by atoms with Gasteiger partial charge < -0.3 is 4.90 Å². The molecule has 1 aliphatic rings. The number of thiophene rings is 1. The van der Waals surface area contributed by atoms with Crippen LogP contribution >= 0.6 is 22.7 Å². The van der Waals surface area contributed by atoms with E-state index in [1.54, 1.807) is 28.9 Å². The maximum atomic E-state index is 11.0. The number of hydrogen-bond acceptors (Lipinski definition) is 6. The average molecular weight is 334 g/mol. The topological polar surface area (TPSA) is 57.6 Å². The molecule has 1 amide bonds. The van der Waals surface area contributed by atoms with E-state index < -0.39 is 0 Å². The molecule has 1 fully saturated rings. The van der Waals surface area contributed by atoms with Crippen LogP contribution in [0, 0.1) is 0 Å². The van der Waals surface area contributed by atoms with E-state index in [9.17, 15) is 4.79 Å². The van der Waals surface area contributed by atoms with Crippen LogP contribution in [-0.4, -0.2) is 30.2 Å². The molecule has 22 heavy (non-hydrogen) atoms. The zero-order chi connectivity index (χ0) is 15.4. The first-order valence-corrected chi connectivity index (χ1v) is 9.03. The summed E-state index contributed by atoms with van der Waals surface area (Å²) >= 11 is 3.30. The van der Waals surface area contributed by atoms with Crippen LogP contribution in [0.3, 0.4) is 0 Å². The number of hydrogen-bond donors (Lipinski definition) is 1. The van der Waals surface area contributed by atoms with Gasteiger partial charge in [-0.25, -0.2) is 10.4 Å². The molecule has 0 aliphatic carbocycles. The molecule has 1 N–H and O–H groups in total. The van der Waals surface area contributed by atoms with Crippen LogP contribution in [0.15, 0.2) is 22.6 Å². The number of piperidine rings is 1. The molecule has 2 aromatic heterocycles. The summed E-state index contributed by atoms with van der Waals surface area (Å²) in [5.74, 6) is -0.172. The van der Waals surface area contributed by atoms with E-state index in [1.165, 1.54) is 26.2 Å². The molecule has 3 heterocycles. The molecular formula is C15H18N4OS2. The van der Waals surface area contributed by atoms with E-state index in [4.69, 9.17) is 4.98 Å². The Morgan fingerprint density at radius 2 is 2.23 bits per heavy atom. The lowest BCUT2D eigenvalue weighted by Gasteiger charge is -2.25. The van der Waals surface area contributed by atoms with Gasteiger partial charge in [0, 0.05) is 20.0 Å². The standard InChI is InChI=1S/C15H18N4OS2/c1-11(20)18-16-10-13-14(12-6-5-9-21-12)17-15(22-13)19-7-3-2-4-8-19/h5-6,9-10H,2-4,7-8H2,1H3,(H,18,20)/b16-10-. The highest BCUT2D eigenvalue weighted by Gasteiger charge is 2.19. The maximum Gasteiger partial charge on any atom is 0.236 e. The second-order valence-corrected chi connectivity index (χ2v) is 7.12. The third-order valence-electron chi connectivity index (χ3n) is 3.43. The Balaban J connectivity index is 1.90. The highest BCUT2D eigenvalue weighted by atomic mass is 32.1. The lowest BCUT2D eigenvalue weighted by Crippen LogP contribution is -2.29. The highest BCUT2D eigenvalue weighted by molar-refractivity contribution is 7.18. The lowest BCUT2D eigenvalue weighted by atomic mass is 10.1. The van der Waals surface area contributed by atoms with Gasteiger partial charge in [0.1, 0.15) is 5.69 Å². The third kappa shape index (κ3) is 3.53. The molecule has 7 heteroatoms. The number of thiazole rings is 1. The van der Waals surface area contributed by atoms with Crippen LogP contribution in [0.1, 0.15) is 31.1 Å². The van der Waals surface area contributed by atoms with Gasteiger partial charge >= 0.3 is 0 Å². The Kier molecular flexibility index (Phi) is 4.84. The first kappa shape index (κ1) is 15.2. The Labute approximate surface area is 137 Å². The molecule has 2 aromatic rings. The molecular weight excluding hydrogens is 316 g/mol. The highest BCUT2D eigenvalue weighted by Crippen LogP contribution is 2.35.